The van der Waals surface area contributed by atoms with Gasteiger partial charge < -0.3 is 0 Å². The third-order valence-corrected chi connectivity index (χ3v) is 5.26. The summed E-state index contributed by atoms with van der Waals surface area (Å²) >= 11 is 9.79. The molecule has 2 aromatic rings. The van der Waals surface area contributed by atoms with E-state index in [2.05, 4.69) is 21.4 Å². The largest absolute Gasteiger partial charge is 0.285 e. The summed E-state index contributed by atoms with van der Waals surface area (Å²) < 4.78 is 1.22. The maximum atomic E-state index is 12.5. The summed E-state index contributed by atoms with van der Waals surface area (Å²) in [5, 5.41) is 1.12. The standard InChI is InChI=1S/C18H13BrN2O2S2/c1-11-5-7-13(8-6-11)16(22)20-21-17(23)15(25-18(21)24)10-12-3-2-4-14(19)9-12/h2-10H,1H3,(H,20,22)/b15-10-. The van der Waals surface area contributed by atoms with Gasteiger partial charge in [-0.05, 0) is 55.0 Å². The number of thioether (sulfide) groups is 1. The molecule has 3 rings (SSSR count). The number of halogens is 1. The number of benzene rings is 2. The van der Waals surface area contributed by atoms with E-state index in [1.807, 2.05) is 43.3 Å². The number of hydrogen-bond acceptors (Lipinski definition) is 4. The first-order valence-electron chi connectivity index (χ1n) is 7.35. The Labute approximate surface area is 163 Å². The van der Waals surface area contributed by atoms with Crippen molar-refractivity contribution in [1.29, 1.82) is 0 Å². The quantitative estimate of drug-likeness (QED) is 0.579. The van der Waals surface area contributed by atoms with Crippen LogP contribution in [-0.2, 0) is 4.79 Å². The Balaban J connectivity index is 1.77. The monoisotopic (exact) mass is 432 g/mol. The van der Waals surface area contributed by atoms with Crippen molar-refractivity contribution < 1.29 is 9.59 Å². The lowest BCUT2D eigenvalue weighted by molar-refractivity contribution is -0.123. The lowest BCUT2D eigenvalue weighted by Crippen LogP contribution is -2.44. The van der Waals surface area contributed by atoms with Gasteiger partial charge in [0.05, 0.1) is 4.91 Å². The van der Waals surface area contributed by atoms with Crippen molar-refractivity contribution in [3.05, 3.63) is 74.6 Å². The molecule has 1 heterocycles. The van der Waals surface area contributed by atoms with Crippen molar-refractivity contribution in [2.45, 2.75) is 6.92 Å². The molecule has 2 amide bonds. The highest BCUT2D eigenvalue weighted by Crippen LogP contribution is 2.31. The van der Waals surface area contributed by atoms with Gasteiger partial charge in [0.1, 0.15) is 0 Å². The Morgan fingerprint density at radius 2 is 1.96 bits per heavy atom. The number of hydrazine groups is 1. The van der Waals surface area contributed by atoms with Crippen molar-refractivity contribution in [2.24, 2.45) is 0 Å². The van der Waals surface area contributed by atoms with E-state index < -0.39 is 0 Å². The number of amides is 2. The number of thiocarbonyl (C=S) groups is 1. The normalized spacial score (nSPS) is 15.8. The van der Waals surface area contributed by atoms with Gasteiger partial charge in [0.25, 0.3) is 11.8 Å². The summed E-state index contributed by atoms with van der Waals surface area (Å²) in [5.74, 6) is -0.713. The van der Waals surface area contributed by atoms with E-state index in [0.717, 1.165) is 32.4 Å². The summed E-state index contributed by atoms with van der Waals surface area (Å²) in [6, 6.07) is 14.7. The Kier molecular flexibility index (Phi) is 5.36. The van der Waals surface area contributed by atoms with Crippen molar-refractivity contribution in [1.82, 2.24) is 10.4 Å². The lowest BCUT2D eigenvalue weighted by atomic mass is 10.1. The Morgan fingerprint density at radius 3 is 2.64 bits per heavy atom. The molecule has 126 valence electrons. The maximum absolute atomic E-state index is 12.5. The first-order chi connectivity index (χ1) is 11.9. The van der Waals surface area contributed by atoms with E-state index in [0.29, 0.717) is 14.8 Å². The van der Waals surface area contributed by atoms with Crippen LogP contribution < -0.4 is 5.43 Å². The van der Waals surface area contributed by atoms with Gasteiger partial charge in [0, 0.05) is 10.0 Å². The molecule has 1 aliphatic heterocycles. The van der Waals surface area contributed by atoms with E-state index in [9.17, 15) is 9.59 Å². The van der Waals surface area contributed by atoms with E-state index >= 15 is 0 Å². The Hall–Kier alpha value is -1.96. The van der Waals surface area contributed by atoms with Crippen LogP contribution in [0.25, 0.3) is 6.08 Å². The van der Waals surface area contributed by atoms with Gasteiger partial charge >= 0.3 is 0 Å². The van der Waals surface area contributed by atoms with E-state index in [4.69, 9.17) is 12.2 Å². The minimum Gasteiger partial charge on any atom is -0.267 e. The van der Waals surface area contributed by atoms with Crippen LogP contribution in [0.1, 0.15) is 21.5 Å². The van der Waals surface area contributed by atoms with Crippen molar-refractivity contribution >= 4 is 62.1 Å². The molecule has 4 nitrogen and oxygen atoms in total. The van der Waals surface area contributed by atoms with Crippen LogP contribution in [0.3, 0.4) is 0 Å². The van der Waals surface area contributed by atoms with Crippen molar-refractivity contribution in [2.75, 3.05) is 0 Å². The summed E-state index contributed by atoms with van der Waals surface area (Å²) in [6.45, 7) is 1.94. The molecule has 0 atom stereocenters. The highest BCUT2D eigenvalue weighted by Gasteiger charge is 2.33. The predicted octanol–water partition coefficient (Wildman–Crippen LogP) is 4.30. The first kappa shape index (κ1) is 17.8. The summed E-state index contributed by atoms with van der Waals surface area (Å²) in [6.07, 6.45) is 1.75. The van der Waals surface area contributed by atoms with Crippen LogP contribution in [0.4, 0.5) is 0 Å². The van der Waals surface area contributed by atoms with E-state index in [1.165, 1.54) is 0 Å². The van der Waals surface area contributed by atoms with Gasteiger partial charge in [0.2, 0.25) is 0 Å². The summed E-state index contributed by atoms with van der Waals surface area (Å²) in [5.41, 5.74) is 4.97. The molecule has 1 fully saturated rings. The average Bonchev–Trinajstić information content (AvgIpc) is 2.83. The van der Waals surface area contributed by atoms with Crippen molar-refractivity contribution in [3.63, 3.8) is 0 Å². The molecule has 0 aromatic heterocycles. The molecule has 1 saturated heterocycles. The first-order valence-corrected chi connectivity index (χ1v) is 9.37. The molecule has 25 heavy (non-hydrogen) atoms. The summed E-state index contributed by atoms with van der Waals surface area (Å²) in [7, 11) is 0. The van der Waals surface area contributed by atoms with Gasteiger partial charge in [-0.15, -0.1) is 0 Å². The minimum absolute atomic E-state index is 0.298. The maximum Gasteiger partial charge on any atom is 0.285 e. The number of aryl methyl sites for hydroxylation is 1. The molecule has 0 aliphatic carbocycles. The molecule has 0 spiro atoms. The van der Waals surface area contributed by atoms with Crippen molar-refractivity contribution in [3.8, 4) is 0 Å². The number of nitrogens with zero attached hydrogens (tertiary/aromatic N) is 1. The van der Waals surface area contributed by atoms with Crippen LogP contribution in [0.2, 0.25) is 0 Å². The third kappa shape index (κ3) is 4.18. The van der Waals surface area contributed by atoms with Crippen LogP contribution in [0.15, 0.2) is 57.9 Å². The van der Waals surface area contributed by atoms with Gasteiger partial charge in [-0.2, -0.15) is 5.01 Å². The highest BCUT2D eigenvalue weighted by molar-refractivity contribution is 9.10. The van der Waals surface area contributed by atoms with Gasteiger partial charge in [0.15, 0.2) is 4.32 Å². The third-order valence-electron chi connectivity index (χ3n) is 3.47. The van der Waals surface area contributed by atoms with Gasteiger partial charge in [-0.25, -0.2) is 0 Å². The molecular weight excluding hydrogens is 420 g/mol. The zero-order valence-electron chi connectivity index (χ0n) is 13.2. The molecule has 0 unspecified atom stereocenters. The molecule has 0 radical (unpaired) electrons. The SMILES string of the molecule is Cc1ccc(C(=O)NN2C(=O)/C(=C/c3cccc(Br)c3)SC2=S)cc1. The molecule has 0 saturated carbocycles. The molecular formula is C18H13BrN2O2S2. The average molecular weight is 433 g/mol. The number of nitrogens with one attached hydrogen (secondary N) is 1. The van der Waals surface area contributed by atoms with E-state index in [-0.39, 0.29) is 11.8 Å². The number of rotatable bonds is 3. The second-order valence-electron chi connectivity index (χ2n) is 5.38. The zero-order valence-corrected chi connectivity index (χ0v) is 16.4. The van der Waals surface area contributed by atoms with Crippen LogP contribution in [-0.4, -0.2) is 21.1 Å². The molecule has 0 bridgehead atoms. The number of carbonyl (C=O) groups excluding carboxylic acids is 2. The number of carbonyl (C=O) groups is 2. The molecule has 1 aliphatic rings. The Morgan fingerprint density at radius 1 is 1.24 bits per heavy atom. The highest BCUT2D eigenvalue weighted by atomic mass is 79.9. The molecule has 2 aromatic carbocycles. The fourth-order valence-electron chi connectivity index (χ4n) is 2.18. The minimum atomic E-state index is -0.375. The smallest absolute Gasteiger partial charge is 0.267 e. The van der Waals surface area contributed by atoms with E-state index in [1.54, 1.807) is 18.2 Å². The predicted molar refractivity (Wildman–Crippen MR) is 108 cm³/mol. The second-order valence-corrected chi connectivity index (χ2v) is 7.97. The molecule has 7 heteroatoms. The molecule has 1 N–H and O–H groups in total. The van der Waals surface area contributed by atoms with Gasteiger partial charge in [-0.3, -0.25) is 15.0 Å². The Bertz CT molecular complexity index is 894. The summed E-state index contributed by atoms with van der Waals surface area (Å²) in [4.78, 5) is 25.3. The fraction of sp³-hybridized carbons (Fsp3) is 0.0556. The fourth-order valence-corrected chi connectivity index (χ4v) is 3.78. The van der Waals surface area contributed by atoms with Crippen LogP contribution in [0, 0.1) is 6.92 Å². The topological polar surface area (TPSA) is 49.4 Å². The van der Waals surface area contributed by atoms with Crippen LogP contribution >= 0.6 is 39.9 Å². The number of hydrogen-bond donors (Lipinski definition) is 1. The lowest BCUT2D eigenvalue weighted by Gasteiger charge is -2.15. The van der Waals surface area contributed by atoms with Crippen LogP contribution in [0.5, 0.6) is 0 Å². The zero-order chi connectivity index (χ0) is 18.0. The van der Waals surface area contributed by atoms with Gasteiger partial charge in [-0.1, -0.05) is 57.5 Å². The second kappa shape index (κ2) is 7.51.